The molecule has 1 atom stereocenters. The van der Waals surface area contributed by atoms with Gasteiger partial charge < -0.3 is 10.5 Å². The monoisotopic (exact) mass is 330 g/mol. The van der Waals surface area contributed by atoms with Gasteiger partial charge in [0.15, 0.2) is 6.10 Å². The summed E-state index contributed by atoms with van der Waals surface area (Å²) in [4.78, 5) is 34.3. The van der Waals surface area contributed by atoms with Crippen molar-refractivity contribution < 1.29 is 19.1 Å². The minimum atomic E-state index is -1.06. The van der Waals surface area contributed by atoms with E-state index in [0.717, 1.165) is 4.90 Å². The number of rotatable bonds is 6. The largest absolute Gasteiger partial charge is 0.453 e. The summed E-state index contributed by atoms with van der Waals surface area (Å²) in [5.41, 5.74) is 4.79. The van der Waals surface area contributed by atoms with Crippen LogP contribution < -0.4 is 11.1 Å². The molecule has 0 aromatic heterocycles. The molecule has 114 valence electrons. The molecule has 0 unspecified atom stereocenters. The van der Waals surface area contributed by atoms with E-state index < -0.39 is 24.0 Å². The van der Waals surface area contributed by atoms with Gasteiger partial charge in [-0.05, 0) is 31.2 Å². The van der Waals surface area contributed by atoms with E-state index in [9.17, 15) is 14.4 Å². The smallest absolute Gasteiger partial charge is 0.318 e. The van der Waals surface area contributed by atoms with Crippen molar-refractivity contribution >= 4 is 41.3 Å². The van der Waals surface area contributed by atoms with Gasteiger partial charge in [-0.15, -0.1) is 11.8 Å². The number of thioether (sulfide) groups is 1. The molecule has 1 aromatic rings. The highest BCUT2D eigenvalue weighted by Crippen LogP contribution is 2.21. The number of imide groups is 1. The van der Waals surface area contributed by atoms with Crippen LogP contribution in [0.2, 0.25) is 5.02 Å². The van der Waals surface area contributed by atoms with Crippen LogP contribution in [0, 0.1) is 0 Å². The number of amides is 3. The Morgan fingerprint density at radius 1 is 1.33 bits per heavy atom. The number of carbonyl (C=O) groups excluding carboxylic acids is 3. The topological polar surface area (TPSA) is 98.5 Å². The number of carbonyl (C=O) groups is 3. The molecule has 8 heteroatoms. The van der Waals surface area contributed by atoms with Crippen molar-refractivity contribution in [3.05, 3.63) is 29.3 Å². The van der Waals surface area contributed by atoms with Crippen LogP contribution >= 0.6 is 23.4 Å². The van der Waals surface area contributed by atoms with Crippen LogP contribution in [0.1, 0.15) is 13.3 Å². The first-order chi connectivity index (χ1) is 9.88. The number of nitrogens with one attached hydrogen (secondary N) is 1. The zero-order valence-corrected chi connectivity index (χ0v) is 12.9. The minimum absolute atomic E-state index is 0.140. The molecule has 0 aliphatic rings. The van der Waals surface area contributed by atoms with Crippen LogP contribution in [0.15, 0.2) is 29.2 Å². The third-order valence-electron chi connectivity index (χ3n) is 2.31. The molecule has 0 bridgehead atoms. The number of halogens is 1. The van der Waals surface area contributed by atoms with E-state index in [2.05, 4.69) is 0 Å². The number of esters is 1. The van der Waals surface area contributed by atoms with Gasteiger partial charge in [-0.2, -0.15) is 0 Å². The van der Waals surface area contributed by atoms with E-state index in [1.165, 1.54) is 18.7 Å². The lowest BCUT2D eigenvalue weighted by molar-refractivity contribution is -0.154. The van der Waals surface area contributed by atoms with Crippen molar-refractivity contribution in [3.8, 4) is 0 Å². The van der Waals surface area contributed by atoms with Crippen LogP contribution in [-0.2, 0) is 14.3 Å². The molecule has 0 saturated heterocycles. The van der Waals surface area contributed by atoms with E-state index in [1.54, 1.807) is 12.1 Å². The van der Waals surface area contributed by atoms with Crippen LogP contribution in [0.25, 0.3) is 0 Å². The lowest BCUT2D eigenvalue weighted by Crippen LogP contribution is -2.42. The molecule has 0 fully saturated rings. The van der Waals surface area contributed by atoms with Gasteiger partial charge in [-0.3, -0.25) is 14.9 Å². The number of nitrogens with two attached hydrogens (primary N) is 1. The quantitative estimate of drug-likeness (QED) is 0.613. The summed E-state index contributed by atoms with van der Waals surface area (Å²) in [5.74, 6) is -0.769. The minimum Gasteiger partial charge on any atom is -0.453 e. The average molecular weight is 331 g/mol. The summed E-state index contributed by atoms with van der Waals surface area (Å²) in [6, 6.07) is 6.24. The van der Waals surface area contributed by atoms with Crippen LogP contribution in [-0.4, -0.2) is 29.8 Å². The highest BCUT2D eigenvalue weighted by atomic mass is 35.5. The van der Waals surface area contributed by atoms with Gasteiger partial charge in [0.1, 0.15) is 0 Å². The third-order valence-corrected chi connectivity index (χ3v) is 3.58. The van der Waals surface area contributed by atoms with Crippen molar-refractivity contribution in [2.24, 2.45) is 5.73 Å². The van der Waals surface area contributed by atoms with Crippen LogP contribution in [0.3, 0.4) is 0 Å². The molecule has 21 heavy (non-hydrogen) atoms. The molecule has 0 radical (unpaired) electrons. The molecule has 6 nitrogen and oxygen atoms in total. The highest BCUT2D eigenvalue weighted by Gasteiger charge is 2.18. The Labute approximate surface area is 131 Å². The van der Waals surface area contributed by atoms with Crippen molar-refractivity contribution in [1.29, 1.82) is 0 Å². The van der Waals surface area contributed by atoms with Gasteiger partial charge >= 0.3 is 12.0 Å². The maximum absolute atomic E-state index is 11.5. The molecule has 0 aliphatic carbocycles. The van der Waals surface area contributed by atoms with E-state index in [4.69, 9.17) is 22.1 Å². The fourth-order valence-electron chi connectivity index (χ4n) is 1.32. The molecular formula is C13H15ClN2O4S. The molecule has 1 rings (SSSR count). The number of primary amides is 1. The second-order valence-corrected chi connectivity index (χ2v) is 5.64. The Morgan fingerprint density at radius 2 is 1.95 bits per heavy atom. The Bertz CT molecular complexity index is 521. The fraction of sp³-hybridized carbons (Fsp3) is 0.308. The first-order valence-corrected chi connectivity index (χ1v) is 7.43. The second-order valence-electron chi connectivity index (χ2n) is 4.04. The molecule has 0 spiro atoms. The van der Waals surface area contributed by atoms with E-state index in [0.29, 0.717) is 10.8 Å². The van der Waals surface area contributed by atoms with Crippen molar-refractivity contribution in [2.75, 3.05) is 5.75 Å². The summed E-state index contributed by atoms with van der Waals surface area (Å²) in [5, 5.41) is 2.49. The lowest BCUT2D eigenvalue weighted by atomic mass is 10.3. The Morgan fingerprint density at radius 3 is 2.52 bits per heavy atom. The molecule has 0 heterocycles. The SMILES string of the molecule is C[C@H](OC(=O)CCSc1ccc(Cl)cc1)C(=O)NC(N)=O. The highest BCUT2D eigenvalue weighted by molar-refractivity contribution is 7.99. The number of urea groups is 1. The molecule has 1 aromatic carbocycles. The zero-order chi connectivity index (χ0) is 15.8. The summed E-state index contributed by atoms with van der Waals surface area (Å²) in [7, 11) is 0. The molecule has 0 saturated carbocycles. The summed E-state index contributed by atoms with van der Waals surface area (Å²) < 4.78 is 4.88. The van der Waals surface area contributed by atoms with Crippen molar-refractivity contribution in [1.82, 2.24) is 5.32 Å². The first-order valence-electron chi connectivity index (χ1n) is 6.06. The van der Waals surface area contributed by atoms with Gasteiger partial charge in [0.2, 0.25) is 0 Å². The normalized spacial score (nSPS) is 11.5. The summed E-state index contributed by atoms with van der Waals surface area (Å²) >= 11 is 7.23. The molecule has 3 N–H and O–H groups in total. The fourth-order valence-corrected chi connectivity index (χ4v) is 2.27. The maximum Gasteiger partial charge on any atom is 0.318 e. The van der Waals surface area contributed by atoms with E-state index >= 15 is 0 Å². The van der Waals surface area contributed by atoms with E-state index in [1.807, 2.05) is 17.4 Å². The predicted molar refractivity (Wildman–Crippen MR) is 80.1 cm³/mol. The van der Waals surface area contributed by atoms with E-state index in [-0.39, 0.29) is 6.42 Å². The molecule has 0 aliphatic heterocycles. The molecular weight excluding hydrogens is 316 g/mol. The predicted octanol–water partition coefficient (Wildman–Crippen LogP) is 1.95. The number of benzene rings is 1. The Hall–Kier alpha value is -1.73. The summed E-state index contributed by atoms with van der Waals surface area (Å²) in [6.07, 6.45) is -0.924. The van der Waals surface area contributed by atoms with Gasteiger partial charge in [0, 0.05) is 15.7 Å². The number of hydrogen-bond donors (Lipinski definition) is 2. The van der Waals surface area contributed by atoms with Crippen molar-refractivity contribution in [3.63, 3.8) is 0 Å². The van der Waals surface area contributed by atoms with Gasteiger partial charge in [0.25, 0.3) is 5.91 Å². The maximum atomic E-state index is 11.5. The van der Waals surface area contributed by atoms with Crippen molar-refractivity contribution in [2.45, 2.75) is 24.3 Å². The first kappa shape index (κ1) is 17.3. The van der Waals surface area contributed by atoms with Gasteiger partial charge in [-0.1, -0.05) is 11.6 Å². The second kappa shape index (κ2) is 8.53. The number of hydrogen-bond acceptors (Lipinski definition) is 5. The van der Waals surface area contributed by atoms with Gasteiger partial charge in [-0.25, -0.2) is 4.79 Å². The number of ether oxygens (including phenoxy) is 1. The third kappa shape index (κ3) is 7.01. The average Bonchev–Trinajstić information content (AvgIpc) is 2.40. The Kier molecular flexibility index (Phi) is 7.04. The molecule has 3 amide bonds. The van der Waals surface area contributed by atoms with Gasteiger partial charge in [0.05, 0.1) is 6.42 Å². The Balaban J connectivity index is 2.29. The lowest BCUT2D eigenvalue weighted by Gasteiger charge is -2.11. The summed E-state index contributed by atoms with van der Waals surface area (Å²) in [6.45, 7) is 1.36. The van der Waals surface area contributed by atoms with Crippen LogP contribution in [0.4, 0.5) is 4.79 Å². The zero-order valence-electron chi connectivity index (χ0n) is 11.3. The van der Waals surface area contributed by atoms with Crippen LogP contribution in [0.5, 0.6) is 0 Å². The standard InChI is InChI=1S/C13H15ClN2O4S/c1-8(12(18)16-13(15)19)20-11(17)6-7-21-10-4-2-9(14)3-5-10/h2-5,8H,6-7H2,1H3,(H3,15,16,18,19)/t8-/m0/s1.